The minimum atomic E-state index is -1.17. The summed E-state index contributed by atoms with van der Waals surface area (Å²) in [6.45, 7) is 1.50. The van der Waals surface area contributed by atoms with E-state index in [1.165, 1.54) is 0 Å². The fourth-order valence-electron chi connectivity index (χ4n) is 1.61. The molecule has 1 rings (SSSR count). The first-order valence-electron chi connectivity index (χ1n) is 6.00. The van der Waals surface area contributed by atoms with Gasteiger partial charge >= 0.3 is 12.0 Å². The number of aliphatic carboxylic acids is 1. The molecule has 0 bridgehead atoms. The molecule has 4 N–H and O–H groups in total. The monoisotopic (exact) mass is 266 g/mol. The van der Waals surface area contributed by atoms with Crippen LogP contribution in [-0.2, 0) is 4.79 Å². The number of hydrogen-bond acceptors (Lipinski definition) is 3. The molecule has 6 nitrogen and oxygen atoms in total. The molecule has 6 heteroatoms. The molecule has 104 valence electrons. The van der Waals surface area contributed by atoms with Gasteiger partial charge in [0, 0.05) is 13.0 Å². The SMILES string of the molecule is CC(NC(=O)N[C@@H](CCO)C(=O)O)c1ccccc1. The van der Waals surface area contributed by atoms with Crippen molar-refractivity contribution in [2.24, 2.45) is 0 Å². The molecule has 0 saturated heterocycles. The highest BCUT2D eigenvalue weighted by Gasteiger charge is 2.20. The van der Waals surface area contributed by atoms with Gasteiger partial charge in [0.1, 0.15) is 6.04 Å². The molecule has 0 aromatic heterocycles. The first-order chi connectivity index (χ1) is 9.04. The molecule has 0 aliphatic heterocycles. The van der Waals surface area contributed by atoms with Gasteiger partial charge in [0.05, 0.1) is 6.04 Å². The van der Waals surface area contributed by atoms with Crippen LogP contribution in [0.2, 0.25) is 0 Å². The Kier molecular flexibility index (Phi) is 5.81. The van der Waals surface area contributed by atoms with E-state index in [9.17, 15) is 9.59 Å². The van der Waals surface area contributed by atoms with Crippen molar-refractivity contribution in [3.05, 3.63) is 35.9 Å². The number of aliphatic hydroxyl groups is 1. The van der Waals surface area contributed by atoms with E-state index in [0.29, 0.717) is 0 Å². The summed E-state index contributed by atoms with van der Waals surface area (Å²) in [6.07, 6.45) is -0.0253. The number of carboxylic acids is 1. The van der Waals surface area contributed by atoms with Crippen LogP contribution in [0.1, 0.15) is 24.9 Å². The Hall–Kier alpha value is -2.08. The van der Waals surface area contributed by atoms with Crippen molar-refractivity contribution in [2.45, 2.75) is 25.4 Å². The van der Waals surface area contributed by atoms with Crippen LogP contribution >= 0.6 is 0 Å². The predicted molar refractivity (Wildman–Crippen MR) is 69.7 cm³/mol. The molecule has 1 aromatic rings. The average molecular weight is 266 g/mol. The van der Waals surface area contributed by atoms with Crippen LogP contribution in [0.4, 0.5) is 4.79 Å². The number of benzene rings is 1. The summed E-state index contributed by atoms with van der Waals surface area (Å²) in [7, 11) is 0. The van der Waals surface area contributed by atoms with Crippen molar-refractivity contribution in [3.8, 4) is 0 Å². The van der Waals surface area contributed by atoms with Gasteiger partial charge in [-0.2, -0.15) is 0 Å². The van der Waals surface area contributed by atoms with Crippen molar-refractivity contribution in [3.63, 3.8) is 0 Å². The zero-order valence-corrected chi connectivity index (χ0v) is 10.7. The van der Waals surface area contributed by atoms with E-state index < -0.39 is 18.0 Å². The molecule has 0 aliphatic rings. The number of amides is 2. The van der Waals surface area contributed by atoms with Gasteiger partial charge in [-0.3, -0.25) is 0 Å². The molecule has 2 atom stereocenters. The molecular weight excluding hydrogens is 248 g/mol. The lowest BCUT2D eigenvalue weighted by Gasteiger charge is -2.18. The van der Waals surface area contributed by atoms with Crippen molar-refractivity contribution in [2.75, 3.05) is 6.61 Å². The largest absolute Gasteiger partial charge is 0.480 e. The highest BCUT2D eigenvalue weighted by atomic mass is 16.4. The maximum absolute atomic E-state index is 11.6. The first kappa shape index (κ1) is 15.0. The summed E-state index contributed by atoms with van der Waals surface area (Å²) < 4.78 is 0. The smallest absolute Gasteiger partial charge is 0.326 e. The van der Waals surface area contributed by atoms with E-state index in [0.717, 1.165) is 5.56 Å². The van der Waals surface area contributed by atoms with Crippen LogP contribution in [0.25, 0.3) is 0 Å². The number of carbonyl (C=O) groups is 2. The quantitative estimate of drug-likeness (QED) is 0.614. The highest BCUT2D eigenvalue weighted by Crippen LogP contribution is 2.10. The molecule has 0 saturated carbocycles. The third kappa shape index (κ3) is 4.97. The summed E-state index contributed by atoms with van der Waals surface area (Å²) in [5, 5.41) is 22.5. The number of urea groups is 1. The topological polar surface area (TPSA) is 98.7 Å². The molecule has 0 radical (unpaired) electrons. The van der Waals surface area contributed by atoms with Crippen LogP contribution in [0.5, 0.6) is 0 Å². The molecule has 0 heterocycles. The highest BCUT2D eigenvalue weighted by molar-refractivity contribution is 5.82. The summed E-state index contributed by atoms with van der Waals surface area (Å²) in [5.41, 5.74) is 0.923. The van der Waals surface area contributed by atoms with Crippen molar-refractivity contribution in [1.82, 2.24) is 10.6 Å². The second kappa shape index (κ2) is 7.38. The normalized spacial score (nSPS) is 13.4. The number of rotatable bonds is 6. The molecule has 0 spiro atoms. The maximum Gasteiger partial charge on any atom is 0.326 e. The first-order valence-corrected chi connectivity index (χ1v) is 6.00. The van der Waals surface area contributed by atoms with Gasteiger partial charge in [-0.1, -0.05) is 30.3 Å². The Labute approximate surface area is 111 Å². The lowest BCUT2D eigenvalue weighted by atomic mass is 10.1. The van der Waals surface area contributed by atoms with Crippen LogP contribution in [-0.4, -0.2) is 34.9 Å². The average Bonchev–Trinajstić information content (AvgIpc) is 2.39. The van der Waals surface area contributed by atoms with Gasteiger partial charge in [-0.15, -0.1) is 0 Å². The number of hydrogen-bond donors (Lipinski definition) is 4. The summed E-state index contributed by atoms with van der Waals surface area (Å²) in [6, 6.07) is 7.43. The number of nitrogens with one attached hydrogen (secondary N) is 2. The Bertz CT molecular complexity index is 422. The fourth-order valence-corrected chi connectivity index (χ4v) is 1.61. The minimum absolute atomic E-state index is 0.0253. The third-order valence-electron chi connectivity index (χ3n) is 2.67. The van der Waals surface area contributed by atoms with Crippen LogP contribution < -0.4 is 10.6 Å². The molecular formula is C13H18N2O4. The van der Waals surface area contributed by atoms with E-state index >= 15 is 0 Å². The van der Waals surface area contributed by atoms with E-state index in [1.54, 1.807) is 6.92 Å². The lowest BCUT2D eigenvalue weighted by molar-refractivity contribution is -0.139. The Balaban J connectivity index is 2.52. The molecule has 1 aromatic carbocycles. The Morgan fingerprint density at radius 1 is 1.21 bits per heavy atom. The van der Waals surface area contributed by atoms with Crippen molar-refractivity contribution in [1.29, 1.82) is 0 Å². The minimum Gasteiger partial charge on any atom is -0.480 e. The van der Waals surface area contributed by atoms with Crippen molar-refractivity contribution >= 4 is 12.0 Å². The Morgan fingerprint density at radius 3 is 2.37 bits per heavy atom. The number of carbonyl (C=O) groups excluding carboxylic acids is 1. The molecule has 2 amide bonds. The molecule has 1 unspecified atom stereocenters. The van der Waals surface area contributed by atoms with Gasteiger partial charge in [-0.05, 0) is 12.5 Å². The summed E-state index contributed by atoms with van der Waals surface area (Å²) >= 11 is 0. The fraction of sp³-hybridized carbons (Fsp3) is 0.385. The zero-order chi connectivity index (χ0) is 14.3. The number of aliphatic hydroxyl groups excluding tert-OH is 1. The van der Waals surface area contributed by atoms with Gasteiger partial charge in [0.2, 0.25) is 0 Å². The van der Waals surface area contributed by atoms with Gasteiger partial charge < -0.3 is 20.8 Å². The van der Waals surface area contributed by atoms with E-state index in [-0.39, 0.29) is 19.1 Å². The maximum atomic E-state index is 11.6. The Morgan fingerprint density at radius 2 is 1.84 bits per heavy atom. The summed E-state index contributed by atoms with van der Waals surface area (Å²) in [4.78, 5) is 22.5. The van der Waals surface area contributed by atoms with E-state index in [4.69, 9.17) is 10.2 Å². The molecule has 19 heavy (non-hydrogen) atoms. The van der Waals surface area contributed by atoms with E-state index in [1.807, 2.05) is 30.3 Å². The van der Waals surface area contributed by atoms with Crippen LogP contribution in [0, 0.1) is 0 Å². The van der Waals surface area contributed by atoms with Gasteiger partial charge in [0.25, 0.3) is 0 Å². The second-order valence-electron chi connectivity index (χ2n) is 4.15. The second-order valence-corrected chi connectivity index (χ2v) is 4.15. The predicted octanol–water partition coefficient (Wildman–Crippen LogP) is 0.882. The molecule has 0 aliphatic carbocycles. The standard InChI is InChI=1S/C13H18N2O4/c1-9(10-5-3-2-4-6-10)14-13(19)15-11(7-8-16)12(17)18/h2-6,9,11,16H,7-8H2,1H3,(H,17,18)(H2,14,15,19)/t9?,11-/m0/s1. The van der Waals surface area contributed by atoms with Crippen molar-refractivity contribution < 1.29 is 19.8 Å². The van der Waals surface area contributed by atoms with Crippen LogP contribution in [0.3, 0.4) is 0 Å². The van der Waals surface area contributed by atoms with E-state index in [2.05, 4.69) is 10.6 Å². The van der Waals surface area contributed by atoms with Gasteiger partial charge in [-0.25, -0.2) is 9.59 Å². The lowest BCUT2D eigenvalue weighted by Crippen LogP contribution is -2.47. The zero-order valence-electron chi connectivity index (χ0n) is 10.7. The summed E-state index contributed by atoms with van der Waals surface area (Å²) in [5.74, 6) is -1.17. The van der Waals surface area contributed by atoms with Gasteiger partial charge in [0.15, 0.2) is 0 Å². The third-order valence-corrected chi connectivity index (χ3v) is 2.67. The molecule has 0 fully saturated rings. The number of carboxylic acid groups (broad SMARTS) is 1. The van der Waals surface area contributed by atoms with Crippen LogP contribution in [0.15, 0.2) is 30.3 Å².